The van der Waals surface area contributed by atoms with Gasteiger partial charge >= 0.3 is 0 Å². The van der Waals surface area contributed by atoms with Crippen LogP contribution in [0.3, 0.4) is 0 Å². The highest BCUT2D eigenvalue weighted by atomic mass is 32.2. The van der Waals surface area contributed by atoms with Gasteiger partial charge in [-0.15, -0.1) is 11.8 Å². The molecule has 0 N–H and O–H groups in total. The van der Waals surface area contributed by atoms with Crippen molar-refractivity contribution < 1.29 is 18.3 Å². The number of carbonyl (C=O) groups is 1. The lowest BCUT2D eigenvalue weighted by Gasteiger charge is -2.18. The molecule has 1 aliphatic heterocycles. The fourth-order valence-corrected chi connectivity index (χ4v) is 3.43. The Morgan fingerprint density at radius 1 is 1.47 bits per heavy atom. The van der Waals surface area contributed by atoms with Crippen LogP contribution in [0, 0.1) is 11.6 Å². The fourth-order valence-electron chi connectivity index (χ4n) is 2.12. The lowest BCUT2D eigenvalue weighted by molar-refractivity contribution is 0.0989. The second kappa shape index (κ2) is 6.01. The molecule has 1 aromatic rings. The van der Waals surface area contributed by atoms with Crippen molar-refractivity contribution in [2.45, 2.75) is 36.9 Å². The van der Waals surface area contributed by atoms with Crippen molar-refractivity contribution in [2.24, 2.45) is 0 Å². The largest absolute Gasteiger partial charge is 0.377 e. The minimum atomic E-state index is -0.798. The molecule has 0 bridgehead atoms. The Balaban J connectivity index is 2.06. The zero-order chi connectivity index (χ0) is 14.0. The lowest BCUT2D eigenvalue weighted by Crippen LogP contribution is -2.22. The molecule has 3 atom stereocenters. The van der Waals surface area contributed by atoms with Crippen LogP contribution in [0.25, 0.3) is 0 Å². The third-order valence-corrected chi connectivity index (χ3v) is 4.84. The molecular weight excluding hydrogens is 270 g/mol. The van der Waals surface area contributed by atoms with Gasteiger partial charge in [-0.2, -0.15) is 0 Å². The molecular formula is C14H16F2O2S. The van der Waals surface area contributed by atoms with E-state index in [9.17, 15) is 13.6 Å². The topological polar surface area (TPSA) is 26.3 Å². The molecule has 1 saturated heterocycles. The predicted octanol–water partition coefficient (Wildman–Crippen LogP) is 3.45. The first-order chi connectivity index (χ1) is 8.99. The van der Waals surface area contributed by atoms with E-state index >= 15 is 0 Å². The minimum absolute atomic E-state index is 0.0482. The van der Waals surface area contributed by atoms with Crippen molar-refractivity contribution in [1.82, 2.24) is 0 Å². The van der Waals surface area contributed by atoms with E-state index in [0.717, 1.165) is 18.6 Å². The van der Waals surface area contributed by atoms with Gasteiger partial charge in [0.2, 0.25) is 0 Å². The van der Waals surface area contributed by atoms with Gasteiger partial charge in [-0.3, -0.25) is 4.79 Å². The van der Waals surface area contributed by atoms with Crippen molar-refractivity contribution in [1.29, 1.82) is 0 Å². The van der Waals surface area contributed by atoms with E-state index in [4.69, 9.17) is 4.74 Å². The van der Waals surface area contributed by atoms with Crippen LogP contribution in [0.4, 0.5) is 8.78 Å². The Bertz CT molecular complexity index is 479. The standard InChI is InChI=1S/C14H16F2O2S/c1-8-13(5-6-18-8)19-9(2)14(17)11-4-3-10(15)7-12(11)16/h3-4,7-9,13H,5-6H2,1-2H3. The van der Waals surface area contributed by atoms with Gasteiger partial charge in [0.05, 0.1) is 16.9 Å². The number of hydrogen-bond donors (Lipinski definition) is 0. The molecule has 1 aliphatic rings. The van der Waals surface area contributed by atoms with Crippen LogP contribution in [0.5, 0.6) is 0 Å². The monoisotopic (exact) mass is 286 g/mol. The molecule has 1 aromatic carbocycles. The molecule has 0 aliphatic carbocycles. The highest BCUT2D eigenvalue weighted by Gasteiger charge is 2.29. The molecule has 19 heavy (non-hydrogen) atoms. The zero-order valence-corrected chi connectivity index (χ0v) is 11.7. The van der Waals surface area contributed by atoms with E-state index in [-0.39, 0.29) is 28.0 Å². The second-order valence-electron chi connectivity index (χ2n) is 4.67. The molecule has 3 unspecified atom stereocenters. The first-order valence-corrected chi connectivity index (χ1v) is 7.19. The molecule has 104 valence electrons. The third-order valence-electron chi connectivity index (χ3n) is 3.25. The number of hydrogen-bond acceptors (Lipinski definition) is 3. The summed E-state index contributed by atoms with van der Waals surface area (Å²) in [5.74, 6) is -1.78. The van der Waals surface area contributed by atoms with Crippen LogP contribution in [0.2, 0.25) is 0 Å². The summed E-state index contributed by atoms with van der Waals surface area (Å²) in [4.78, 5) is 12.1. The minimum Gasteiger partial charge on any atom is -0.377 e. The van der Waals surface area contributed by atoms with E-state index in [1.54, 1.807) is 6.92 Å². The van der Waals surface area contributed by atoms with Gasteiger partial charge in [0.1, 0.15) is 11.6 Å². The average molecular weight is 286 g/mol. The van der Waals surface area contributed by atoms with Crippen LogP contribution in [-0.2, 0) is 4.74 Å². The van der Waals surface area contributed by atoms with Gasteiger partial charge in [0.25, 0.3) is 0 Å². The highest BCUT2D eigenvalue weighted by Crippen LogP contribution is 2.31. The molecule has 5 heteroatoms. The fraction of sp³-hybridized carbons (Fsp3) is 0.500. The van der Waals surface area contributed by atoms with Gasteiger partial charge in [-0.25, -0.2) is 8.78 Å². The van der Waals surface area contributed by atoms with Crippen LogP contribution in [0.15, 0.2) is 18.2 Å². The quantitative estimate of drug-likeness (QED) is 0.793. The van der Waals surface area contributed by atoms with E-state index < -0.39 is 11.6 Å². The zero-order valence-electron chi connectivity index (χ0n) is 10.9. The first kappa shape index (κ1) is 14.5. The van der Waals surface area contributed by atoms with Crippen LogP contribution >= 0.6 is 11.8 Å². The number of carbonyl (C=O) groups excluding carboxylic acids is 1. The summed E-state index contributed by atoms with van der Waals surface area (Å²) in [7, 11) is 0. The summed E-state index contributed by atoms with van der Waals surface area (Å²) < 4.78 is 31.8. The number of benzene rings is 1. The van der Waals surface area contributed by atoms with Crippen molar-refractivity contribution >= 4 is 17.5 Å². The molecule has 1 heterocycles. The van der Waals surface area contributed by atoms with E-state index in [2.05, 4.69) is 0 Å². The van der Waals surface area contributed by atoms with E-state index in [1.807, 2.05) is 6.92 Å². The Morgan fingerprint density at radius 2 is 2.21 bits per heavy atom. The maximum Gasteiger partial charge on any atom is 0.178 e. The maximum absolute atomic E-state index is 13.6. The molecule has 0 saturated carbocycles. The summed E-state index contributed by atoms with van der Waals surface area (Å²) in [6, 6.07) is 3.06. The Morgan fingerprint density at radius 3 is 2.79 bits per heavy atom. The number of thioether (sulfide) groups is 1. The summed E-state index contributed by atoms with van der Waals surface area (Å²) in [5.41, 5.74) is -0.0482. The van der Waals surface area contributed by atoms with Crippen molar-refractivity contribution in [2.75, 3.05) is 6.61 Å². The molecule has 0 spiro atoms. The number of ether oxygens (including phenoxy) is 1. The van der Waals surface area contributed by atoms with E-state index in [0.29, 0.717) is 6.61 Å². The molecule has 0 aromatic heterocycles. The van der Waals surface area contributed by atoms with Gasteiger partial charge in [0.15, 0.2) is 5.78 Å². The molecule has 2 nitrogen and oxygen atoms in total. The van der Waals surface area contributed by atoms with Gasteiger partial charge in [-0.05, 0) is 32.4 Å². The van der Waals surface area contributed by atoms with E-state index in [1.165, 1.54) is 17.8 Å². The lowest BCUT2D eigenvalue weighted by atomic mass is 10.1. The van der Waals surface area contributed by atoms with Gasteiger partial charge in [0, 0.05) is 17.9 Å². The van der Waals surface area contributed by atoms with Crippen molar-refractivity contribution in [3.05, 3.63) is 35.4 Å². The average Bonchev–Trinajstić information content (AvgIpc) is 2.74. The SMILES string of the molecule is CC(SC1CCOC1C)C(=O)c1ccc(F)cc1F. The van der Waals surface area contributed by atoms with Crippen molar-refractivity contribution in [3.63, 3.8) is 0 Å². The summed E-state index contributed by atoms with van der Waals surface area (Å²) in [5, 5.41) is -0.114. The summed E-state index contributed by atoms with van der Waals surface area (Å²) in [6.45, 7) is 4.42. The third kappa shape index (κ3) is 3.34. The molecule has 2 rings (SSSR count). The Labute approximate surface area is 115 Å². The number of halogens is 2. The van der Waals surface area contributed by atoms with Gasteiger partial charge in [-0.1, -0.05) is 0 Å². The molecule has 0 amide bonds. The highest BCUT2D eigenvalue weighted by molar-refractivity contribution is 8.01. The van der Waals surface area contributed by atoms with Crippen LogP contribution in [-0.4, -0.2) is 29.0 Å². The smallest absolute Gasteiger partial charge is 0.178 e. The Kier molecular flexibility index (Phi) is 4.58. The Hall–Kier alpha value is -0.940. The van der Waals surface area contributed by atoms with Gasteiger partial charge < -0.3 is 4.74 Å². The van der Waals surface area contributed by atoms with Crippen LogP contribution in [0.1, 0.15) is 30.6 Å². The number of Topliss-reactive ketones (excluding diaryl/α,β-unsaturated/α-hetero) is 1. The predicted molar refractivity (Wildman–Crippen MR) is 71.6 cm³/mol. The van der Waals surface area contributed by atoms with Crippen LogP contribution < -0.4 is 0 Å². The maximum atomic E-state index is 13.6. The first-order valence-electron chi connectivity index (χ1n) is 6.25. The molecule has 0 radical (unpaired) electrons. The summed E-state index contributed by atoms with van der Waals surface area (Å²) in [6.07, 6.45) is 1.01. The normalized spacial score (nSPS) is 24.4. The van der Waals surface area contributed by atoms with Crippen molar-refractivity contribution in [3.8, 4) is 0 Å². The number of rotatable bonds is 4. The summed E-state index contributed by atoms with van der Waals surface area (Å²) >= 11 is 1.50. The number of ketones is 1. The second-order valence-corrected chi connectivity index (χ2v) is 6.25. The molecule has 1 fully saturated rings.